The summed E-state index contributed by atoms with van der Waals surface area (Å²) in [5.74, 6) is 0. The van der Waals surface area contributed by atoms with E-state index in [1.54, 1.807) is 6.08 Å². The lowest BCUT2D eigenvalue weighted by Crippen LogP contribution is -2.12. The van der Waals surface area contributed by atoms with Gasteiger partial charge in [-0.05, 0) is 35.8 Å². The number of hydrogen-bond donors (Lipinski definition) is 0. The lowest BCUT2D eigenvalue weighted by Gasteiger charge is -2.11. The molecule has 0 atom stereocenters. The van der Waals surface area contributed by atoms with Crippen molar-refractivity contribution in [2.24, 2.45) is 0 Å². The fourth-order valence-electron chi connectivity index (χ4n) is 1.93. The van der Waals surface area contributed by atoms with Crippen molar-refractivity contribution in [3.63, 3.8) is 0 Å². The molecule has 0 N–H and O–H groups in total. The second-order valence-electron chi connectivity index (χ2n) is 3.84. The molecule has 0 saturated carbocycles. The number of nitriles is 2. The molecule has 0 fully saturated rings. The Hall–Kier alpha value is -2.26. The molecule has 0 unspecified atom stereocenters. The summed E-state index contributed by atoms with van der Waals surface area (Å²) in [6.07, 6.45) is 2.65. The molecule has 1 aromatic rings. The molecule has 0 bridgehead atoms. The summed E-state index contributed by atoms with van der Waals surface area (Å²) >= 11 is 0. The van der Waals surface area contributed by atoms with Crippen LogP contribution in [0.15, 0.2) is 23.8 Å². The number of benzene rings is 1. The van der Waals surface area contributed by atoms with Crippen LogP contribution in [0.2, 0.25) is 0 Å². The summed E-state index contributed by atoms with van der Waals surface area (Å²) in [7, 11) is 2.07. The van der Waals surface area contributed by atoms with Gasteiger partial charge in [-0.15, -0.1) is 0 Å². The molecule has 1 aliphatic heterocycles. The van der Waals surface area contributed by atoms with Gasteiger partial charge in [-0.25, -0.2) is 0 Å². The third-order valence-corrected chi connectivity index (χ3v) is 2.78. The normalized spacial score (nSPS) is 12.6. The molecule has 1 aliphatic rings. The number of likely N-dealkylation sites (N-methyl/N-ethyl adjacent to an activating group) is 1. The number of hydrogen-bond acceptors (Lipinski definition) is 3. The minimum absolute atomic E-state index is 0.145. The Labute approximate surface area is 94.8 Å². The first-order valence-corrected chi connectivity index (χ1v) is 5.10. The summed E-state index contributed by atoms with van der Waals surface area (Å²) in [5.41, 5.74) is 3.59. The van der Waals surface area contributed by atoms with Gasteiger partial charge in [0.1, 0.15) is 17.7 Å². The van der Waals surface area contributed by atoms with Crippen molar-refractivity contribution in [3.8, 4) is 12.1 Å². The number of rotatable bonds is 1. The zero-order chi connectivity index (χ0) is 11.5. The maximum absolute atomic E-state index is 8.67. The number of anilines is 1. The van der Waals surface area contributed by atoms with E-state index in [9.17, 15) is 0 Å². The van der Waals surface area contributed by atoms with Gasteiger partial charge in [0.2, 0.25) is 0 Å². The summed E-state index contributed by atoms with van der Waals surface area (Å²) in [6.45, 7) is 1.03. The van der Waals surface area contributed by atoms with Crippen LogP contribution < -0.4 is 4.90 Å². The molecule has 3 heteroatoms. The third-order valence-electron chi connectivity index (χ3n) is 2.78. The molecule has 78 valence electrons. The van der Waals surface area contributed by atoms with E-state index in [0.29, 0.717) is 0 Å². The average molecular weight is 209 g/mol. The van der Waals surface area contributed by atoms with Gasteiger partial charge in [-0.2, -0.15) is 10.5 Å². The van der Waals surface area contributed by atoms with E-state index in [1.807, 2.05) is 30.3 Å². The van der Waals surface area contributed by atoms with Crippen molar-refractivity contribution >= 4 is 11.8 Å². The van der Waals surface area contributed by atoms with Gasteiger partial charge >= 0.3 is 0 Å². The van der Waals surface area contributed by atoms with Crippen molar-refractivity contribution in [3.05, 3.63) is 34.9 Å². The minimum Gasteiger partial charge on any atom is -0.374 e. The number of nitrogens with zero attached hydrogens (tertiary/aromatic N) is 3. The highest BCUT2D eigenvalue weighted by Crippen LogP contribution is 2.27. The van der Waals surface area contributed by atoms with Gasteiger partial charge in [-0.1, -0.05) is 6.07 Å². The van der Waals surface area contributed by atoms with Crippen LogP contribution in [-0.2, 0) is 6.42 Å². The van der Waals surface area contributed by atoms with Gasteiger partial charge in [-0.3, -0.25) is 0 Å². The Morgan fingerprint density at radius 2 is 2.12 bits per heavy atom. The topological polar surface area (TPSA) is 50.8 Å². The van der Waals surface area contributed by atoms with E-state index >= 15 is 0 Å². The Balaban J connectivity index is 2.38. The molecule has 1 aromatic carbocycles. The standard InChI is InChI=1S/C13H11N3/c1-16-5-4-12-7-10(2-3-13(12)16)6-11(8-14)9-15/h2-3,6-7H,4-5H2,1H3. The maximum Gasteiger partial charge on any atom is 0.130 e. The Kier molecular flexibility index (Phi) is 2.62. The van der Waals surface area contributed by atoms with Gasteiger partial charge in [0.25, 0.3) is 0 Å². The van der Waals surface area contributed by atoms with E-state index in [0.717, 1.165) is 18.5 Å². The zero-order valence-corrected chi connectivity index (χ0v) is 9.07. The fraction of sp³-hybridized carbons (Fsp3) is 0.231. The first-order chi connectivity index (χ1) is 7.74. The molecular formula is C13H11N3. The van der Waals surface area contributed by atoms with Crippen LogP contribution in [0.1, 0.15) is 11.1 Å². The summed E-state index contributed by atoms with van der Waals surface area (Å²) in [6, 6.07) is 9.76. The average Bonchev–Trinajstić information content (AvgIpc) is 2.68. The predicted octanol–water partition coefficient (Wildman–Crippen LogP) is 2.11. The van der Waals surface area contributed by atoms with E-state index in [1.165, 1.54) is 11.3 Å². The molecule has 0 aliphatic carbocycles. The first-order valence-electron chi connectivity index (χ1n) is 5.10. The van der Waals surface area contributed by atoms with Crippen LogP contribution in [0.25, 0.3) is 6.08 Å². The van der Waals surface area contributed by atoms with E-state index < -0.39 is 0 Å². The predicted molar refractivity (Wildman–Crippen MR) is 62.6 cm³/mol. The van der Waals surface area contributed by atoms with Crippen LogP contribution in [0.4, 0.5) is 5.69 Å². The SMILES string of the molecule is CN1CCc2cc(C=C(C#N)C#N)ccc21. The van der Waals surface area contributed by atoms with Crippen LogP contribution in [0.3, 0.4) is 0 Å². The first kappa shape index (κ1) is 10.3. The monoisotopic (exact) mass is 209 g/mol. The van der Waals surface area contributed by atoms with Gasteiger partial charge in [0.15, 0.2) is 0 Å². The highest BCUT2D eigenvalue weighted by Gasteiger charge is 2.14. The van der Waals surface area contributed by atoms with E-state index in [-0.39, 0.29) is 5.57 Å². The highest BCUT2D eigenvalue weighted by molar-refractivity contribution is 5.67. The molecule has 1 heterocycles. The van der Waals surface area contributed by atoms with E-state index in [4.69, 9.17) is 10.5 Å². The van der Waals surface area contributed by atoms with Gasteiger partial charge < -0.3 is 4.90 Å². The molecule has 0 aromatic heterocycles. The lowest BCUT2D eigenvalue weighted by molar-refractivity contribution is 0.956. The van der Waals surface area contributed by atoms with Crippen molar-refractivity contribution in [1.29, 1.82) is 10.5 Å². The minimum atomic E-state index is 0.145. The zero-order valence-electron chi connectivity index (χ0n) is 9.07. The Bertz CT molecular complexity index is 513. The van der Waals surface area contributed by atoms with Crippen LogP contribution in [-0.4, -0.2) is 13.6 Å². The largest absolute Gasteiger partial charge is 0.374 e. The van der Waals surface area contributed by atoms with Crippen LogP contribution in [0.5, 0.6) is 0 Å². The fourth-order valence-corrected chi connectivity index (χ4v) is 1.93. The van der Waals surface area contributed by atoms with Crippen LogP contribution in [0, 0.1) is 22.7 Å². The number of allylic oxidation sites excluding steroid dienone is 1. The second kappa shape index (κ2) is 4.08. The number of fused-ring (bicyclic) bond motifs is 1. The second-order valence-corrected chi connectivity index (χ2v) is 3.84. The summed E-state index contributed by atoms with van der Waals surface area (Å²) in [4.78, 5) is 2.21. The third kappa shape index (κ3) is 1.76. The molecule has 0 saturated heterocycles. The summed E-state index contributed by atoms with van der Waals surface area (Å²) < 4.78 is 0. The molecule has 3 nitrogen and oxygen atoms in total. The summed E-state index contributed by atoms with van der Waals surface area (Å²) in [5, 5.41) is 17.3. The Morgan fingerprint density at radius 1 is 1.38 bits per heavy atom. The molecular weight excluding hydrogens is 198 g/mol. The van der Waals surface area contributed by atoms with Crippen molar-refractivity contribution in [2.75, 3.05) is 18.5 Å². The molecule has 0 radical (unpaired) electrons. The van der Waals surface area contributed by atoms with Crippen molar-refractivity contribution in [2.45, 2.75) is 6.42 Å². The molecule has 0 spiro atoms. The quantitative estimate of drug-likeness (QED) is 0.665. The molecule has 16 heavy (non-hydrogen) atoms. The van der Waals surface area contributed by atoms with Gasteiger partial charge in [0, 0.05) is 19.3 Å². The Morgan fingerprint density at radius 3 is 2.81 bits per heavy atom. The lowest BCUT2D eigenvalue weighted by atomic mass is 10.1. The van der Waals surface area contributed by atoms with Gasteiger partial charge in [0.05, 0.1) is 0 Å². The van der Waals surface area contributed by atoms with E-state index in [2.05, 4.69) is 11.9 Å². The molecule has 0 amide bonds. The van der Waals surface area contributed by atoms with Crippen molar-refractivity contribution in [1.82, 2.24) is 0 Å². The highest BCUT2D eigenvalue weighted by atomic mass is 15.1. The van der Waals surface area contributed by atoms with Crippen LogP contribution >= 0.6 is 0 Å². The molecule has 2 rings (SSSR count). The van der Waals surface area contributed by atoms with Crippen molar-refractivity contribution < 1.29 is 0 Å². The smallest absolute Gasteiger partial charge is 0.130 e. The maximum atomic E-state index is 8.67.